The molecule has 0 radical (unpaired) electrons. The Balaban J connectivity index is 0.711. The largest absolute Gasteiger partial charge is 0.310 e. The van der Waals surface area contributed by atoms with Crippen molar-refractivity contribution in [2.24, 2.45) is 35.5 Å². The smallest absolute Gasteiger partial charge is 0.0465 e. The van der Waals surface area contributed by atoms with Crippen LogP contribution in [0.5, 0.6) is 0 Å². The number of para-hydroxylation sites is 2. The second-order valence-corrected chi connectivity index (χ2v) is 39.1. The fraction of sp³-hybridized carbons (Fsp3) is 0.368. The molecule has 5 aliphatic carbocycles. The summed E-state index contributed by atoms with van der Waals surface area (Å²) in [5, 5.41) is 0. The van der Waals surface area contributed by atoms with Gasteiger partial charge in [0.25, 0.3) is 0 Å². The van der Waals surface area contributed by atoms with E-state index in [1.54, 1.807) is 0 Å². The molecule has 17 rings (SSSR count). The molecule has 0 atom stereocenters. The van der Waals surface area contributed by atoms with Gasteiger partial charge in [-0.05, 0) is 373 Å². The van der Waals surface area contributed by atoms with Crippen molar-refractivity contribution in [2.75, 3.05) is 4.90 Å². The van der Waals surface area contributed by atoms with E-state index in [1.807, 2.05) is 0 Å². The Hall–Kier alpha value is -9.56. The molecule has 0 saturated heterocycles. The van der Waals surface area contributed by atoms with Gasteiger partial charge in [0.15, 0.2) is 0 Å². The first-order valence-electron chi connectivity index (χ1n) is 44.7. The topological polar surface area (TPSA) is 3.24 Å². The van der Waals surface area contributed by atoms with Gasteiger partial charge >= 0.3 is 0 Å². The van der Waals surface area contributed by atoms with Crippen molar-refractivity contribution in [3.63, 3.8) is 0 Å². The highest BCUT2D eigenvalue weighted by molar-refractivity contribution is 5.94. The van der Waals surface area contributed by atoms with Crippen LogP contribution >= 0.6 is 0 Å². The molecule has 115 heavy (non-hydrogen) atoms. The van der Waals surface area contributed by atoms with E-state index >= 15 is 0 Å². The summed E-state index contributed by atoms with van der Waals surface area (Å²) in [6.07, 6.45) is 16.0. The van der Waals surface area contributed by atoms with E-state index in [1.165, 1.54) is 204 Å². The van der Waals surface area contributed by atoms with E-state index in [0.717, 1.165) is 64.2 Å². The maximum atomic E-state index is 2.69. The van der Waals surface area contributed by atoms with Gasteiger partial charge in [0.1, 0.15) is 0 Å². The average molecular weight is 1510 g/mol. The van der Waals surface area contributed by atoms with Crippen LogP contribution in [0.4, 0.5) is 17.1 Å². The van der Waals surface area contributed by atoms with Gasteiger partial charge in [0.2, 0.25) is 0 Å². The van der Waals surface area contributed by atoms with Crippen molar-refractivity contribution in [2.45, 2.75) is 235 Å². The highest BCUT2D eigenvalue weighted by Gasteiger charge is 2.49. The number of aryl methyl sites for hydroxylation is 1. The summed E-state index contributed by atoms with van der Waals surface area (Å²) in [7, 11) is 0. The van der Waals surface area contributed by atoms with Crippen molar-refractivity contribution in [3.05, 3.63) is 304 Å². The predicted octanol–water partition coefficient (Wildman–Crippen LogP) is 32.9. The molecule has 12 aromatic rings. The molecule has 0 unspecified atom stereocenters. The first-order chi connectivity index (χ1) is 55.4. The molecule has 12 aromatic carbocycles. The number of rotatable bonds is 27. The fourth-order valence-corrected chi connectivity index (χ4v) is 22.2. The van der Waals surface area contributed by atoms with Crippen LogP contribution in [0.2, 0.25) is 0 Å². The van der Waals surface area contributed by atoms with Crippen LogP contribution in [-0.4, -0.2) is 0 Å². The SMILES string of the molecule is CCC1(CC)c2cc(C)ccc2-c2ccc(-c3ccc4c(c3)C(CCC(C)C)(CCC(C)C)c3cc(-c5ccc6c(c5)C(C)(C)c5cc(-c7ccc8c(c7)C(CCC(C)C)(CCC(C)C)c7cc(-c9ccc%10c(c9)C(CCC(C)C)(CCC(C)C)c9cc(N(c%11ccccc%11)c%11ccccc%11)ccc9-%10)ccc7-8)ccc5-6)ccc3-4)cc21. The Bertz CT molecular complexity index is 5580. The van der Waals surface area contributed by atoms with Crippen LogP contribution in [0.3, 0.4) is 0 Å². The molecular formula is C114H125N. The van der Waals surface area contributed by atoms with Crippen LogP contribution in [0.1, 0.15) is 262 Å². The number of anilines is 3. The first kappa shape index (κ1) is 78.0. The van der Waals surface area contributed by atoms with Crippen LogP contribution in [0.25, 0.3) is 100 Å². The van der Waals surface area contributed by atoms with Gasteiger partial charge in [-0.3, -0.25) is 0 Å². The normalized spacial score (nSPS) is 15.4. The van der Waals surface area contributed by atoms with Gasteiger partial charge in [-0.25, -0.2) is 0 Å². The van der Waals surface area contributed by atoms with Crippen molar-refractivity contribution in [1.29, 1.82) is 0 Å². The highest BCUT2D eigenvalue weighted by Crippen LogP contribution is 2.63. The molecule has 0 bridgehead atoms. The van der Waals surface area contributed by atoms with E-state index in [4.69, 9.17) is 0 Å². The first-order valence-corrected chi connectivity index (χ1v) is 44.7. The lowest BCUT2D eigenvalue weighted by molar-refractivity contribution is 0.364. The molecule has 0 spiro atoms. The van der Waals surface area contributed by atoms with Gasteiger partial charge in [-0.15, -0.1) is 0 Å². The fourth-order valence-electron chi connectivity index (χ4n) is 22.2. The third-order valence-electron chi connectivity index (χ3n) is 29.0. The van der Waals surface area contributed by atoms with E-state index < -0.39 is 0 Å². The van der Waals surface area contributed by atoms with Crippen LogP contribution < -0.4 is 4.90 Å². The summed E-state index contributed by atoms with van der Waals surface area (Å²) < 4.78 is 0. The van der Waals surface area contributed by atoms with Crippen molar-refractivity contribution < 1.29 is 0 Å². The van der Waals surface area contributed by atoms with Crippen LogP contribution in [0, 0.1) is 42.4 Å². The molecule has 0 fully saturated rings. The molecule has 5 aliphatic rings. The van der Waals surface area contributed by atoms with Gasteiger partial charge in [0.05, 0.1) is 0 Å². The molecule has 0 aromatic heterocycles. The quantitative estimate of drug-likeness (QED) is 0.0496. The van der Waals surface area contributed by atoms with Gasteiger partial charge in [-0.1, -0.05) is 274 Å². The highest BCUT2D eigenvalue weighted by atomic mass is 15.1. The van der Waals surface area contributed by atoms with E-state index in [0.29, 0.717) is 35.5 Å². The Morgan fingerprint density at radius 3 is 0.704 bits per heavy atom. The minimum absolute atomic E-state index is 0.0199. The summed E-state index contributed by atoms with van der Waals surface area (Å²) in [5.41, 5.74) is 44.1. The van der Waals surface area contributed by atoms with E-state index in [2.05, 4.69) is 365 Å². The lowest BCUT2D eigenvalue weighted by Crippen LogP contribution is -2.27. The van der Waals surface area contributed by atoms with Crippen LogP contribution in [0.15, 0.2) is 243 Å². The standard InChI is InChI=1S/C114H125N/c1-18-111(19-2)102-62-78(15)30-40-92(102)93-43-33-81(65-103(93)111)84-36-46-96-94-44-34-82(66-104(94)112(106(96)68-84,56-50-72(3)4)57-51-73(5)6)79-31-41-90-91-42-32-80(64-101(91)110(16,17)100(90)63-79)83-35-45-95-97-47-37-85(69-107(97)113(105(95)67-83,58-52-74(7)8)59-53-75(9)10)86-38-48-98-99-49-39-89(115(87-26-22-20-23-27-87)88-28-24-21-25-29-88)71-109(99)114(108(98)70-86,60-54-76(11)12)61-55-77(13)14/h20-49,62-77H,18-19,50-61H2,1-17H3. The second kappa shape index (κ2) is 30.5. The summed E-state index contributed by atoms with van der Waals surface area (Å²) in [6.45, 7) is 41.2. The average Bonchev–Trinajstić information content (AvgIpc) is 1.57. The predicted molar refractivity (Wildman–Crippen MR) is 495 cm³/mol. The molecule has 0 saturated carbocycles. The number of nitrogens with zero attached hydrogens (tertiary/aromatic N) is 1. The molecule has 0 heterocycles. The molecule has 0 amide bonds. The molecule has 586 valence electrons. The zero-order valence-corrected chi connectivity index (χ0v) is 72.4. The lowest BCUT2D eigenvalue weighted by atomic mass is 9.68. The minimum atomic E-state index is -0.217. The Labute approximate surface area is 691 Å². The van der Waals surface area contributed by atoms with Gasteiger partial charge < -0.3 is 4.90 Å². The molecule has 1 heteroatoms. The zero-order chi connectivity index (χ0) is 80.2. The van der Waals surface area contributed by atoms with Gasteiger partial charge in [-0.2, -0.15) is 0 Å². The third kappa shape index (κ3) is 13.4. The number of hydrogen-bond donors (Lipinski definition) is 0. The lowest BCUT2D eigenvalue weighted by Gasteiger charge is -2.35. The Kier molecular flexibility index (Phi) is 20.7. The summed E-state index contributed by atoms with van der Waals surface area (Å²) in [5.74, 6) is 3.51. The summed E-state index contributed by atoms with van der Waals surface area (Å²) in [6, 6.07) is 97.3. The zero-order valence-electron chi connectivity index (χ0n) is 72.4. The molecule has 0 N–H and O–H groups in total. The van der Waals surface area contributed by atoms with E-state index in [-0.39, 0.29) is 27.1 Å². The summed E-state index contributed by atoms with van der Waals surface area (Å²) >= 11 is 0. The van der Waals surface area contributed by atoms with Crippen LogP contribution in [-0.2, 0) is 27.1 Å². The molecule has 0 aliphatic heterocycles. The van der Waals surface area contributed by atoms with Gasteiger partial charge in [0, 0.05) is 44.1 Å². The maximum Gasteiger partial charge on any atom is 0.0465 e. The van der Waals surface area contributed by atoms with Crippen molar-refractivity contribution in [1.82, 2.24) is 0 Å². The Morgan fingerprint density at radius 1 is 0.226 bits per heavy atom. The summed E-state index contributed by atoms with van der Waals surface area (Å²) in [4.78, 5) is 2.46. The van der Waals surface area contributed by atoms with E-state index in [9.17, 15) is 0 Å². The van der Waals surface area contributed by atoms with Crippen molar-refractivity contribution >= 4 is 17.1 Å². The number of benzene rings is 12. The maximum absolute atomic E-state index is 2.69. The third-order valence-corrected chi connectivity index (χ3v) is 29.0. The minimum Gasteiger partial charge on any atom is -0.310 e. The van der Waals surface area contributed by atoms with Crippen molar-refractivity contribution in [3.8, 4) is 100 Å². The second-order valence-electron chi connectivity index (χ2n) is 39.1. The number of fused-ring (bicyclic) bond motifs is 15. The number of hydrogen-bond acceptors (Lipinski definition) is 1. The molecule has 1 nitrogen and oxygen atoms in total. The molecular weight excluding hydrogens is 1380 g/mol. The monoisotopic (exact) mass is 1510 g/mol. The Morgan fingerprint density at radius 2 is 0.443 bits per heavy atom.